The molecule has 0 bridgehead atoms. The van der Waals surface area contributed by atoms with Gasteiger partial charge in [0.1, 0.15) is 0 Å². The van der Waals surface area contributed by atoms with E-state index in [2.05, 4.69) is 26.8 Å². The van der Waals surface area contributed by atoms with Gasteiger partial charge < -0.3 is 10.6 Å². The largest absolute Gasteiger partial charge is 0.355 e. The Balaban J connectivity index is 1.55. The predicted octanol–water partition coefficient (Wildman–Crippen LogP) is 1.64. The Hall–Kier alpha value is -3.16. The zero-order valence-corrected chi connectivity index (χ0v) is 16.3. The molecule has 1 fully saturated rings. The second kappa shape index (κ2) is 9.16. The summed E-state index contributed by atoms with van der Waals surface area (Å²) < 4.78 is 1.82. The number of piperidine rings is 1. The minimum atomic E-state index is -0.0928. The maximum atomic E-state index is 11.9. The zero-order chi connectivity index (χ0) is 19.9. The number of carbonyl (C=O) groups excluding carboxylic acids is 2. The molecule has 2 amide bonds. The van der Waals surface area contributed by atoms with E-state index in [9.17, 15) is 9.59 Å². The molecule has 8 nitrogen and oxygen atoms in total. The Bertz CT molecular complexity index is 830. The lowest BCUT2D eigenvalue weighted by Crippen LogP contribution is -2.46. The molecule has 1 atom stereocenters. The van der Waals surface area contributed by atoms with Gasteiger partial charge in [0.05, 0.1) is 11.7 Å². The van der Waals surface area contributed by atoms with Crippen LogP contribution in [0.5, 0.6) is 0 Å². The monoisotopic (exact) mass is 382 g/mol. The molecule has 1 aromatic carbocycles. The standard InChI is InChI=1S/C20H26N6O2/c1-15(16-6-3-7-17(14-16)26-12-5-10-23-26)24-20(21-2)22-11-13-25-18(27)8-4-9-19(25)28/h3,5-7,10,12,14-15H,4,8-9,11,13H2,1-2H3,(H2,21,22,24). The van der Waals surface area contributed by atoms with Crippen LogP contribution < -0.4 is 10.6 Å². The number of rotatable bonds is 6. The second-order valence-corrected chi connectivity index (χ2v) is 6.70. The molecule has 3 rings (SSSR count). The number of nitrogens with one attached hydrogen (secondary N) is 2. The number of amides is 2. The Morgan fingerprint density at radius 1 is 1.25 bits per heavy atom. The summed E-state index contributed by atoms with van der Waals surface area (Å²) in [6, 6.07) is 10.0. The highest BCUT2D eigenvalue weighted by atomic mass is 16.2. The molecule has 1 aromatic heterocycles. The van der Waals surface area contributed by atoms with Crippen LogP contribution in [0.2, 0.25) is 0 Å². The molecule has 2 heterocycles. The van der Waals surface area contributed by atoms with E-state index < -0.39 is 0 Å². The quantitative estimate of drug-likeness (QED) is 0.450. The first-order chi connectivity index (χ1) is 13.6. The van der Waals surface area contributed by atoms with E-state index in [1.165, 1.54) is 4.90 Å². The number of hydrogen-bond donors (Lipinski definition) is 2. The van der Waals surface area contributed by atoms with E-state index in [0.717, 1.165) is 11.3 Å². The second-order valence-electron chi connectivity index (χ2n) is 6.70. The van der Waals surface area contributed by atoms with Crippen molar-refractivity contribution in [2.75, 3.05) is 20.1 Å². The molecule has 148 valence electrons. The Kier molecular flexibility index (Phi) is 6.41. The van der Waals surface area contributed by atoms with Crippen LogP contribution in [0, 0.1) is 0 Å². The fourth-order valence-corrected chi connectivity index (χ4v) is 3.18. The van der Waals surface area contributed by atoms with Crippen LogP contribution >= 0.6 is 0 Å². The first kappa shape index (κ1) is 19.6. The molecule has 1 unspecified atom stereocenters. The summed E-state index contributed by atoms with van der Waals surface area (Å²) in [6.07, 6.45) is 5.20. The van der Waals surface area contributed by atoms with Crippen molar-refractivity contribution in [3.05, 3.63) is 48.3 Å². The van der Waals surface area contributed by atoms with Crippen LogP contribution in [0.1, 0.15) is 37.8 Å². The van der Waals surface area contributed by atoms with Gasteiger partial charge in [-0.1, -0.05) is 12.1 Å². The number of aliphatic imine (C=N–C) groups is 1. The molecular formula is C20H26N6O2. The summed E-state index contributed by atoms with van der Waals surface area (Å²) >= 11 is 0. The molecule has 2 aromatic rings. The van der Waals surface area contributed by atoms with Crippen molar-refractivity contribution in [3.8, 4) is 5.69 Å². The molecule has 0 spiro atoms. The van der Waals surface area contributed by atoms with Gasteiger partial charge >= 0.3 is 0 Å². The van der Waals surface area contributed by atoms with Gasteiger partial charge in [0.25, 0.3) is 0 Å². The van der Waals surface area contributed by atoms with Crippen molar-refractivity contribution in [2.45, 2.75) is 32.2 Å². The van der Waals surface area contributed by atoms with Gasteiger partial charge in [-0.2, -0.15) is 5.10 Å². The molecule has 1 aliphatic rings. The van der Waals surface area contributed by atoms with Crippen molar-refractivity contribution in [2.24, 2.45) is 4.99 Å². The van der Waals surface area contributed by atoms with Gasteiger partial charge in [-0.05, 0) is 37.1 Å². The highest BCUT2D eigenvalue weighted by molar-refractivity contribution is 5.97. The van der Waals surface area contributed by atoms with Gasteiger partial charge in [0, 0.05) is 45.4 Å². The van der Waals surface area contributed by atoms with Crippen LogP contribution in [-0.2, 0) is 9.59 Å². The lowest BCUT2D eigenvalue weighted by Gasteiger charge is -2.25. The SMILES string of the molecule is CN=C(NCCN1C(=O)CCCC1=O)NC(C)c1cccc(-n2cccn2)c1. The van der Waals surface area contributed by atoms with Crippen molar-refractivity contribution in [1.82, 2.24) is 25.3 Å². The third-order valence-electron chi connectivity index (χ3n) is 4.73. The van der Waals surface area contributed by atoms with Crippen LogP contribution in [-0.4, -0.2) is 52.6 Å². The molecular weight excluding hydrogens is 356 g/mol. The lowest BCUT2D eigenvalue weighted by atomic mass is 10.1. The number of guanidine groups is 1. The first-order valence-corrected chi connectivity index (χ1v) is 9.49. The lowest BCUT2D eigenvalue weighted by molar-refractivity contribution is -0.147. The maximum absolute atomic E-state index is 11.9. The minimum Gasteiger partial charge on any atom is -0.355 e. The average molecular weight is 382 g/mol. The van der Waals surface area contributed by atoms with Crippen LogP contribution in [0.15, 0.2) is 47.7 Å². The third-order valence-corrected chi connectivity index (χ3v) is 4.73. The first-order valence-electron chi connectivity index (χ1n) is 9.49. The molecule has 0 radical (unpaired) electrons. The van der Waals surface area contributed by atoms with Crippen LogP contribution in [0.4, 0.5) is 0 Å². The van der Waals surface area contributed by atoms with E-state index in [0.29, 0.717) is 38.3 Å². The molecule has 0 saturated carbocycles. The number of carbonyl (C=O) groups is 2. The van der Waals surface area contributed by atoms with Crippen molar-refractivity contribution < 1.29 is 9.59 Å². The number of nitrogens with zero attached hydrogens (tertiary/aromatic N) is 4. The fourth-order valence-electron chi connectivity index (χ4n) is 3.18. The smallest absolute Gasteiger partial charge is 0.229 e. The molecule has 1 saturated heterocycles. The normalized spacial score (nSPS) is 16.2. The summed E-state index contributed by atoms with van der Waals surface area (Å²) in [7, 11) is 1.69. The topological polar surface area (TPSA) is 91.6 Å². The number of likely N-dealkylation sites (tertiary alicyclic amines) is 1. The molecule has 1 aliphatic heterocycles. The Labute approximate surface area is 164 Å². The van der Waals surface area contributed by atoms with Crippen molar-refractivity contribution in [1.29, 1.82) is 0 Å². The summed E-state index contributed by atoms with van der Waals surface area (Å²) in [5.41, 5.74) is 2.08. The van der Waals surface area contributed by atoms with Crippen molar-refractivity contribution >= 4 is 17.8 Å². The number of aromatic nitrogens is 2. The van der Waals surface area contributed by atoms with E-state index in [4.69, 9.17) is 0 Å². The van der Waals surface area contributed by atoms with E-state index >= 15 is 0 Å². The highest BCUT2D eigenvalue weighted by Gasteiger charge is 2.25. The van der Waals surface area contributed by atoms with E-state index in [1.54, 1.807) is 13.2 Å². The number of hydrogen-bond acceptors (Lipinski definition) is 4. The van der Waals surface area contributed by atoms with Crippen LogP contribution in [0.25, 0.3) is 5.69 Å². The number of imide groups is 1. The van der Waals surface area contributed by atoms with Gasteiger partial charge in [0.15, 0.2) is 5.96 Å². The third kappa shape index (κ3) is 4.76. The molecule has 2 N–H and O–H groups in total. The highest BCUT2D eigenvalue weighted by Crippen LogP contribution is 2.16. The van der Waals surface area contributed by atoms with Gasteiger partial charge in [-0.3, -0.25) is 19.5 Å². The van der Waals surface area contributed by atoms with Crippen LogP contribution in [0.3, 0.4) is 0 Å². The maximum Gasteiger partial charge on any atom is 0.229 e. The molecule has 28 heavy (non-hydrogen) atoms. The summed E-state index contributed by atoms with van der Waals surface area (Å²) in [4.78, 5) is 29.3. The van der Waals surface area contributed by atoms with Gasteiger partial charge in [0.2, 0.25) is 11.8 Å². The van der Waals surface area contributed by atoms with Crippen molar-refractivity contribution in [3.63, 3.8) is 0 Å². The zero-order valence-electron chi connectivity index (χ0n) is 16.3. The van der Waals surface area contributed by atoms with E-state index in [1.807, 2.05) is 42.1 Å². The predicted molar refractivity (Wildman–Crippen MR) is 107 cm³/mol. The van der Waals surface area contributed by atoms with Gasteiger partial charge in [-0.25, -0.2) is 4.68 Å². The minimum absolute atomic E-state index is 0.0139. The molecule has 0 aliphatic carbocycles. The molecule has 8 heteroatoms. The fraction of sp³-hybridized carbons (Fsp3) is 0.400. The summed E-state index contributed by atoms with van der Waals surface area (Å²) in [5.74, 6) is 0.434. The summed E-state index contributed by atoms with van der Waals surface area (Å²) in [6.45, 7) is 2.85. The Morgan fingerprint density at radius 3 is 2.71 bits per heavy atom. The summed E-state index contributed by atoms with van der Waals surface area (Å²) in [5, 5.41) is 10.8. The Morgan fingerprint density at radius 2 is 2.04 bits per heavy atom. The van der Waals surface area contributed by atoms with Gasteiger partial charge in [-0.15, -0.1) is 0 Å². The average Bonchev–Trinajstić information content (AvgIpc) is 3.24. The number of benzene rings is 1. The van der Waals surface area contributed by atoms with E-state index in [-0.39, 0.29) is 17.9 Å².